The number of carbonyl (C=O) groups excluding carboxylic acids is 1. The van der Waals surface area contributed by atoms with Gasteiger partial charge >= 0.3 is 0 Å². The number of amides is 1. The van der Waals surface area contributed by atoms with Crippen LogP contribution in [0.2, 0.25) is 0 Å². The first-order valence-corrected chi connectivity index (χ1v) is 9.49. The molecule has 0 unspecified atom stereocenters. The van der Waals surface area contributed by atoms with E-state index in [1.807, 2.05) is 26.0 Å². The van der Waals surface area contributed by atoms with Crippen LogP contribution in [0.25, 0.3) is 10.9 Å². The van der Waals surface area contributed by atoms with Gasteiger partial charge in [-0.05, 0) is 57.1 Å². The zero-order chi connectivity index (χ0) is 18.3. The summed E-state index contributed by atoms with van der Waals surface area (Å²) < 4.78 is 5.69. The van der Waals surface area contributed by atoms with Gasteiger partial charge in [-0.1, -0.05) is 12.1 Å². The Morgan fingerprint density at radius 2 is 2.04 bits per heavy atom. The van der Waals surface area contributed by atoms with Gasteiger partial charge in [0, 0.05) is 24.0 Å². The summed E-state index contributed by atoms with van der Waals surface area (Å²) in [4.78, 5) is 17.1. The molecule has 0 radical (unpaired) electrons. The molecule has 1 aliphatic carbocycles. The molecular weight excluding hydrogens is 328 g/mol. The number of benzene rings is 1. The van der Waals surface area contributed by atoms with Crippen LogP contribution >= 0.6 is 0 Å². The second kappa shape index (κ2) is 6.54. The molecule has 138 valence electrons. The minimum Gasteiger partial charge on any atom is -0.491 e. The Morgan fingerprint density at radius 1 is 1.27 bits per heavy atom. The summed E-state index contributed by atoms with van der Waals surface area (Å²) in [5, 5.41) is 14.2. The molecule has 5 nitrogen and oxygen atoms in total. The van der Waals surface area contributed by atoms with Gasteiger partial charge in [0.1, 0.15) is 11.3 Å². The van der Waals surface area contributed by atoms with Crippen LogP contribution in [0.15, 0.2) is 24.4 Å². The van der Waals surface area contributed by atoms with Gasteiger partial charge in [0.15, 0.2) is 0 Å². The van der Waals surface area contributed by atoms with Crippen LogP contribution in [0.5, 0.6) is 5.75 Å². The van der Waals surface area contributed by atoms with E-state index in [0.29, 0.717) is 18.1 Å². The fourth-order valence-electron chi connectivity index (χ4n) is 4.17. The third-order valence-corrected chi connectivity index (χ3v) is 5.83. The van der Waals surface area contributed by atoms with Crippen molar-refractivity contribution < 1.29 is 14.6 Å². The predicted molar refractivity (Wildman–Crippen MR) is 100 cm³/mol. The Hall–Kier alpha value is -2.14. The molecule has 0 saturated heterocycles. The standard InChI is InChI=1S/C21H26N2O3/c1-21(2,25)16-5-7-17(8-6-16)23-20(24)15-11-14-4-3-13-9-10-26-19(13)18(14)22-12-15/h3-4,11-12,16-17,25H,5-10H2,1-2H3,(H,23,24). The Bertz CT molecular complexity index is 833. The highest BCUT2D eigenvalue weighted by molar-refractivity contribution is 5.98. The van der Waals surface area contributed by atoms with Crippen molar-refractivity contribution in [3.05, 3.63) is 35.5 Å². The molecule has 2 aliphatic rings. The van der Waals surface area contributed by atoms with Crippen molar-refractivity contribution in [1.82, 2.24) is 10.3 Å². The fraction of sp³-hybridized carbons (Fsp3) is 0.524. The lowest BCUT2D eigenvalue weighted by atomic mass is 9.77. The Morgan fingerprint density at radius 3 is 2.77 bits per heavy atom. The van der Waals surface area contributed by atoms with Crippen molar-refractivity contribution in [2.24, 2.45) is 5.92 Å². The van der Waals surface area contributed by atoms with Crippen LogP contribution in [0, 0.1) is 5.92 Å². The zero-order valence-corrected chi connectivity index (χ0v) is 15.4. The molecule has 5 heteroatoms. The van der Waals surface area contributed by atoms with E-state index in [4.69, 9.17) is 4.74 Å². The van der Waals surface area contributed by atoms with E-state index in [9.17, 15) is 9.90 Å². The highest BCUT2D eigenvalue weighted by atomic mass is 16.5. The minimum atomic E-state index is -0.639. The minimum absolute atomic E-state index is 0.0764. The van der Waals surface area contributed by atoms with Crippen LogP contribution in [0.3, 0.4) is 0 Å². The summed E-state index contributed by atoms with van der Waals surface area (Å²) in [5.74, 6) is 1.09. The average Bonchev–Trinajstić information content (AvgIpc) is 3.10. The molecule has 2 aromatic rings. The molecule has 1 aliphatic heterocycles. The monoisotopic (exact) mass is 354 g/mol. The lowest BCUT2D eigenvalue weighted by molar-refractivity contribution is -0.00257. The topological polar surface area (TPSA) is 71.5 Å². The molecule has 0 atom stereocenters. The summed E-state index contributed by atoms with van der Waals surface area (Å²) in [6, 6.07) is 6.13. The van der Waals surface area contributed by atoms with Gasteiger partial charge in [0.25, 0.3) is 5.91 Å². The fourth-order valence-corrected chi connectivity index (χ4v) is 4.17. The van der Waals surface area contributed by atoms with Gasteiger partial charge in [-0.2, -0.15) is 0 Å². The van der Waals surface area contributed by atoms with Crippen LogP contribution in [-0.2, 0) is 6.42 Å². The molecule has 26 heavy (non-hydrogen) atoms. The number of hydrogen-bond acceptors (Lipinski definition) is 4. The summed E-state index contributed by atoms with van der Waals surface area (Å²) in [6.07, 6.45) is 6.25. The molecule has 0 bridgehead atoms. The molecule has 1 saturated carbocycles. The molecule has 1 fully saturated rings. The van der Waals surface area contributed by atoms with E-state index in [1.54, 1.807) is 6.20 Å². The maximum atomic E-state index is 12.6. The van der Waals surface area contributed by atoms with Crippen molar-refractivity contribution in [2.75, 3.05) is 6.61 Å². The number of hydrogen-bond donors (Lipinski definition) is 2. The number of fused-ring (bicyclic) bond motifs is 3. The molecule has 2 N–H and O–H groups in total. The summed E-state index contributed by atoms with van der Waals surface area (Å²) in [5.41, 5.74) is 1.97. The number of aliphatic hydroxyl groups is 1. The third-order valence-electron chi connectivity index (χ3n) is 5.83. The largest absolute Gasteiger partial charge is 0.491 e. The lowest BCUT2D eigenvalue weighted by Crippen LogP contribution is -2.41. The highest BCUT2D eigenvalue weighted by Gasteiger charge is 2.31. The Labute approximate surface area is 153 Å². The summed E-state index contributed by atoms with van der Waals surface area (Å²) in [6.45, 7) is 4.45. The quantitative estimate of drug-likeness (QED) is 0.888. The number of nitrogens with zero attached hydrogens (tertiary/aromatic N) is 1. The van der Waals surface area contributed by atoms with Crippen molar-refractivity contribution in [1.29, 1.82) is 0 Å². The van der Waals surface area contributed by atoms with E-state index in [0.717, 1.165) is 48.8 Å². The van der Waals surface area contributed by atoms with E-state index < -0.39 is 5.60 Å². The molecule has 1 amide bonds. The van der Waals surface area contributed by atoms with Crippen molar-refractivity contribution in [3.63, 3.8) is 0 Å². The second-order valence-corrected chi connectivity index (χ2v) is 8.12. The predicted octanol–water partition coefficient (Wildman–Crippen LogP) is 3.23. The third kappa shape index (κ3) is 3.28. The van der Waals surface area contributed by atoms with Gasteiger partial charge in [-0.15, -0.1) is 0 Å². The number of nitrogens with one attached hydrogen (secondary N) is 1. The summed E-state index contributed by atoms with van der Waals surface area (Å²) in [7, 11) is 0. The number of ether oxygens (including phenoxy) is 1. The molecule has 1 aromatic carbocycles. The Kier molecular flexibility index (Phi) is 4.35. The first kappa shape index (κ1) is 17.3. The first-order valence-electron chi connectivity index (χ1n) is 9.49. The van der Waals surface area contributed by atoms with Gasteiger partial charge in [0.2, 0.25) is 0 Å². The maximum absolute atomic E-state index is 12.6. The van der Waals surface area contributed by atoms with Gasteiger partial charge in [-0.25, -0.2) is 0 Å². The SMILES string of the molecule is CC(C)(O)C1CCC(NC(=O)c2cnc3c4c(ccc3c2)CCO4)CC1. The molecule has 1 aromatic heterocycles. The molecular formula is C21H26N2O3. The van der Waals surface area contributed by atoms with Crippen molar-refractivity contribution in [3.8, 4) is 5.75 Å². The number of pyridine rings is 1. The molecule has 4 rings (SSSR count). The van der Waals surface area contributed by atoms with Gasteiger partial charge in [-0.3, -0.25) is 9.78 Å². The van der Waals surface area contributed by atoms with Gasteiger partial charge in [0.05, 0.1) is 17.8 Å². The smallest absolute Gasteiger partial charge is 0.253 e. The van der Waals surface area contributed by atoms with Crippen LogP contribution in [0.1, 0.15) is 55.5 Å². The van der Waals surface area contributed by atoms with E-state index >= 15 is 0 Å². The van der Waals surface area contributed by atoms with E-state index in [-0.39, 0.29) is 11.9 Å². The number of aromatic nitrogens is 1. The van der Waals surface area contributed by atoms with Gasteiger partial charge < -0.3 is 15.2 Å². The zero-order valence-electron chi connectivity index (χ0n) is 15.4. The van der Waals surface area contributed by atoms with E-state index in [2.05, 4.69) is 16.4 Å². The lowest BCUT2D eigenvalue weighted by Gasteiger charge is -2.36. The highest BCUT2D eigenvalue weighted by Crippen LogP contribution is 2.34. The maximum Gasteiger partial charge on any atom is 0.253 e. The van der Waals surface area contributed by atoms with Crippen LogP contribution in [0.4, 0.5) is 0 Å². The van der Waals surface area contributed by atoms with Crippen LogP contribution in [-0.4, -0.2) is 34.2 Å². The normalized spacial score (nSPS) is 22.7. The average molecular weight is 354 g/mol. The second-order valence-electron chi connectivity index (χ2n) is 8.12. The Balaban J connectivity index is 1.45. The van der Waals surface area contributed by atoms with Crippen molar-refractivity contribution >= 4 is 16.8 Å². The molecule has 0 spiro atoms. The van der Waals surface area contributed by atoms with Crippen molar-refractivity contribution in [2.45, 2.75) is 57.6 Å². The van der Waals surface area contributed by atoms with Crippen LogP contribution < -0.4 is 10.1 Å². The molecule has 2 heterocycles. The van der Waals surface area contributed by atoms with E-state index in [1.165, 1.54) is 5.56 Å². The number of carbonyl (C=O) groups is 1. The summed E-state index contributed by atoms with van der Waals surface area (Å²) >= 11 is 0. The first-order chi connectivity index (χ1) is 12.4. The number of rotatable bonds is 3.